The van der Waals surface area contributed by atoms with Gasteiger partial charge in [-0.1, -0.05) is 23.4 Å². The molecule has 1 N–H and O–H groups in total. The van der Waals surface area contributed by atoms with Crippen LogP contribution in [-0.4, -0.2) is 20.9 Å². The van der Waals surface area contributed by atoms with Gasteiger partial charge in [-0.05, 0) is 30.3 Å². The van der Waals surface area contributed by atoms with Crippen molar-refractivity contribution in [2.45, 2.75) is 16.1 Å². The largest absolute Gasteiger partial charge is 0.478 e. The summed E-state index contributed by atoms with van der Waals surface area (Å²) in [6.07, 6.45) is -3.14. The number of alkyl halides is 3. The highest BCUT2D eigenvalue weighted by molar-refractivity contribution is 7.99. The van der Waals surface area contributed by atoms with Gasteiger partial charge in [0.05, 0.1) is 0 Å². The molecule has 0 unspecified atom stereocenters. The highest BCUT2D eigenvalue weighted by Gasteiger charge is 2.38. The van der Waals surface area contributed by atoms with Gasteiger partial charge in [-0.25, -0.2) is 4.79 Å². The number of halogens is 4. The molecule has 0 aliphatic heterocycles. The first-order valence-corrected chi connectivity index (χ1v) is 7.36. The molecule has 0 radical (unpaired) electrons. The first kappa shape index (κ1) is 17.4. The molecule has 0 aliphatic rings. The molecule has 0 aliphatic carbocycles. The van der Waals surface area contributed by atoms with Gasteiger partial charge >= 0.3 is 12.1 Å². The van der Waals surface area contributed by atoms with Gasteiger partial charge in [-0.15, -0.1) is 0 Å². The second-order valence-corrected chi connectivity index (χ2v) is 5.92. The van der Waals surface area contributed by atoms with E-state index >= 15 is 0 Å². The molecule has 1 heterocycles. The topological polar surface area (TPSA) is 55.1 Å². The molecule has 0 bridgehead atoms. The summed E-state index contributed by atoms with van der Waals surface area (Å²) < 4.78 is 40.3. The summed E-state index contributed by atoms with van der Waals surface area (Å²) in [6.45, 7) is 0. The molecule has 122 valence electrons. The number of aliphatic carboxylic acids is 1. The van der Waals surface area contributed by atoms with Crippen molar-refractivity contribution in [1.82, 2.24) is 9.78 Å². The van der Waals surface area contributed by atoms with Crippen LogP contribution in [0, 0.1) is 0 Å². The average molecular weight is 363 g/mol. The first-order chi connectivity index (χ1) is 10.7. The molecule has 2 rings (SSSR count). The Morgan fingerprint density at radius 1 is 1.35 bits per heavy atom. The SMILES string of the molecule is Cn1nc(C(F)(F)F)c(/C=C/C(=O)O)c1Sc1ccc(Cl)cc1. The zero-order valence-corrected chi connectivity index (χ0v) is 13.2. The lowest BCUT2D eigenvalue weighted by molar-refractivity contribution is -0.141. The van der Waals surface area contributed by atoms with Crippen molar-refractivity contribution in [3.8, 4) is 0 Å². The van der Waals surface area contributed by atoms with E-state index in [0.29, 0.717) is 16.0 Å². The van der Waals surface area contributed by atoms with Crippen LogP contribution in [-0.2, 0) is 18.0 Å². The Bertz CT molecular complexity index is 755. The number of aromatic nitrogens is 2. The van der Waals surface area contributed by atoms with Crippen molar-refractivity contribution in [3.05, 3.63) is 46.6 Å². The van der Waals surface area contributed by atoms with Crippen LogP contribution in [0.4, 0.5) is 13.2 Å². The predicted molar refractivity (Wildman–Crippen MR) is 80.5 cm³/mol. The van der Waals surface area contributed by atoms with E-state index < -0.39 is 17.8 Å². The molecular formula is C14H10ClF3N2O2S. The summed E-state index contributed by atoms with van der Waals surface area (Å²) in [7, 11) is 1.37. The number of benzene rings is 1. The molecule has 0 atom stereocenters. The van der Waals surface area contributed by atoms with Crippen LogP contribution in [0.5, 0.6) is 0 Å². The molecule has 0 saturated heterocycles. The van der Waals surface area contributed by atoms with E-state index in [2.05, 4.69) is 5.10 Å². The predicted octanol–water partition coefficient (Wildman–Crippen LogP) is 4.34. The highest BCUT2D eigenvalue weighted by atomic mass is 35.5. The van der Waals surface area contributed by atoms with Gasteiger partial charge in [-0.2, -0.15) is 18.3 Å². The summed E-state index contributed by atoms with van der Waals surface area (Å²) in [6, 6.07) is 6.52. The number of hydrogen-bond donors (Lipinski definition) is 1. The summed E-state index contributed by atoms with van der Waals surface area (Å²) >= 11 is 6.81. The maximum atomic E-state index is 13.1. The van der Waals surface area contributed by atoms with E-state index in [-0.39, 0.29) is 10.6 Å². The lowest BCUT2D eigenvalue weighted by Crippen LogP contribution is -2.08. The maximum Gasteiger partial charge on any atom is 0.435 e. The number of carboxylic acid groups (broad SMARTS) is 1. The average Bonchev–Trinajstić information content (AvgIpc) is 2.76. The lowest BCUT2D eigenvalue weighted by atomic mass is 10.2. The lowest BCUT2D eigenvalue weighted by Gasteiger charge is -2.05. The van der Waals surface area contributed by atoms with Crippen molar-refractivity contribution < 1.29 is 23.1 Å². The number of aryl methyl sites for hydroxylation is 1. The van der Waals surface area contributed by atoms with Crippen molar-refractivity contribution >= 4 is 35.4 Å². The van der Waals surface area contributed by atoms with E-state index in [1.165, 1.54) is 7.05 Å². The number of carbonyl (C=O) groups is 1. The van der Waals surface area contributed by atoms with Crippen LogP contribution in [0.3, 0.4) is 0 Å². The van der Waals surface area contributed by atoms with Crippen molar-refractivity contribution in [2.75, 3.05) is 0 Å². The Labute approximate surface area is 138 Å². The normalized spacial score (nSPS) is 12.0. The minimum atomic E-state index is -4.69. The third kappa shape index (κ3) is 4.29. The fraction of sp³-hybridized carbons (Fsp3) is 0.143. The zero-order valence-electron chi connectivity index (χ0n) is 11.6. The third-order valence-corrected chi connectivity index (χ3v) is 4.16. The number of carboxylic acids is 1. The quantitative estimate of drug-likeness (QED) is 0.822. The van der Waals surface area contributed by atoms with E-state index in [4.69, 9.17) is 16.7 Å². The molecule has 0 amide bonds. The second kappa shape index (κ2) is 6.67. The molecule has 0 saturated carbocycles. The standard InChI is InChI=1S/C14H10ClF3N2O2S/c1-20-13(23-9-4-2-8(15)3-5-9)10(6-7-11(21)22)12(19-20)14(16,17)18/h2-7H,1H3,(H,21,22)/b7-6+. The van der Waals surface area contributed by atoms with E-state index in [0.717, 1.165) is 22.5 Å². The fourth-order valence-electron chi connectivity index (χ4n) is 1.77. The van der Waals surface area contributed by atoms with Crippen molar-refractivity contribution in [3.63, 3.8) is 0 Å². The van der Waals surface area contributed by atoms with Crippen molar-refractivity contribution in [2.24, 2.45) is 7.05 Å². The molecule has 0 spiro atoms. The van der Waals surface area contributed by atoms with Gasteiger partial charge in [0.25, 0.3) is 0 Å². The summed E-state index contributed by atoms with van der Waals surface area (Å²) in [5.74, 6) is -1.34. The van der Waals surface area contributed by atoms with E-state index in [1.54, 1.807) is 24.3 Å². The molecule has 1 aromatic heterocycles. The number of rotatable bonds is 4. The molecule has 1 aromatic carbocycles. The summed E-state index contributed by atoms with van der Waals surface area (Å²) in [5, 5.41) is 12.8. The van der Waals surface area contributed by atoms with E-state index in [1.807, 2.05) is 0 Å². The Morgan fingerprint density at radius 3 is 2.48 bits per heavy atom. The van der Waals surface area contributed by atoms with Crippen LogP contribution < -0.4 is 0 Å². The minimum absolute atomic E-state index is 0.178. The number of nitrogens with zero attached hydrogens (tertiary/aromatic N) is 2. The van der Waals surface area contributed by atoms with Crippen LogP contribution in [0.1, 0.15) is 11.3 Å². The minimum Gasteiger partial charge on any atom is -0.478 e. The Kier molecular flexibility index (Phi) is 5.06. The van der Waals surface area contributed by atoms with Gasteiger partial charge < -0.3 is 5.11 Å². The van der Waals surface area contributed by atoms with Gasteiger partial charge in [0.1, 0.15) is 5.03 Å². The van der Waals surface area contributed by atoms with E-state index in [9.17, 15) is 18.0 Å². The summed E-state index contributed by atoms with van der Waals surface area (Å²) in [5.41, 5.74) is -1.42. The molecule has 4 nitrogen and oxygen atoms in total. The maximum absolute atomic E-state index is 13.1. The Balaban J connectivity index is 2.50. The molecule has 9 heteroatoms. The van der Waals surface area contributed by atoms with Gasteiger partial charge in [0.15, 0.2) is 5.69 Å². The number of hydrogen-bond acceptors (Lipinski definition) is 3. The van der Waals surface area contributed by atoms with Crippen LogP contribution in [0.25, 0.3) is 6.08 Å². The zero-order chi connectivity index (χ0) is 17.2. The summed E-state index contributed by atoms with van der Waals surface area (Å²) in [4.78, 5) is 11.3. The Hall–Kier alpha value is -1.93. The third-order valence-electron chi connectivity index (χ3n) is 2.72. The molecule has 23 heavy (non-hydrogen) atoms. The highest BCUT2D eigenvalue weighted by Crippen LogP contribution is 2.39. The molecule has 2 aromatic rings. The first-order valence-electron chi connectivity index (χ1n) is 6.17. The second-order valence-electron chi connectivity index (χ2n) is 4.42. The monoisotopic (exact) mass is 362 g/mol. The van der Waals surface area contributed by atoms with Gasteiger partial charge in [0, 0.05) is 28.6 Å². The Morgan fingerprint density at radius 2 is 1.96 bits per heavy atom. The van der Waals surface area contributed by atoms with Gasteiger partial charge in [-0.3, -0.25) is 4.68 Å². The van der Waals surface area contributed by atoms with Gasteiger partial charge in [0.2, 0.25) is 0 Å². The van der Waals surface area contributed by atoms with Crippen LogP contribution >= 0.6 is 23.4 Å². The van der Waals surface area contributed by atoms with Crippen molar-refractivity contribution in [1.29, 1.82) is 0 Å². The van der Waals surface area contributed by atoms with Crippen LogP contribution in [0.2, 0.25) is 5.02 Å². The van der Waals surface area contributed by atoms with Crippen LogP contribution in [0.15, 0.2) is 40.3 Å². The molecular weight excluding hydrogens is 353 g/mol. The smallest absolute Gasteiger partial charge is 0.435 e. The molecule has 0 fully saturated rings. The fourth-order valence-corrected chi connectivity index (χ4v) is 2.84.